The van der Waals surface area contributed by atoms with Gasteiger partial charge in [-0.3, -0.25) is 9.78 Å². The highest BCUT2D eigenvalue weighted by Gasteiger charge is 2.44. The van der Waals surface area contributed by atoms with E-state index >= 15 is 0 Å². The van der Waals surface area contributed by atoms with Gasteiger partial charge in [0.15, 0.2) is 0 Å². The van der Waals surface area contributed by atoms with E-state index in [9.17, 15) is 18.7 Å². The van der Waals surface area contributed by atoms with Crippen LogP contribution in [0.25, 0.3) is 11.0 Å². The van der Waals surface area contributed by atoms with Crippen LogP contribution in [0.3, 0.4) is 0 Å². The molecule has 1 aliphatic carbocycles. The van der Waals surface area contributed by atoms with Gasteiger partial charge < -0.3 is 19.3 Å². The predicted molar refractivity (Wildman–Crippen MR) is 148 cm³/mol. The molecule has 2 aromatic carbocycles. The third-order valence-corrected chi connectivity index (χ3v) is 7.98. The molecule has 40 heavy (non-hydrogen) atoms. The van der Waals surface area contributed by atoms with E-state index in [2.05, 4.69) is 9.55 Å². The van der Waals surface area contributed by atoms with Crippen LogP contribution in [-0.2, 0) is 17.9 Å². The second-order valence-electron chi connectivity index (χ2n) is 11.0. The molecule has 1 saturated carbocycles. The van der Waals surface area contributed by atoms with Crippen LogP contribution in [0.1, 0.15) is 54.2 Å². The lowest BCUT2D eigenvalue weighted by Gasteiger charge is -2.40. The number of alkyl halides is 2. The van der Waals surface area contributed by atoms with Gasteiger partial charge in [-0.25, -0.2) is 13.8 Å². The minimum absolute atomic E-state index is 0.211. The summed E-state index contributed by atoms with van der Waals surface area (Å²) in [5, 5.41) is 10.0. The van der Waals surface area contributed by atoms with E-state index in [4.69, 9.17) is 9.72 Å². The number of hydrogen-bond acceptors (Lipinski definition) is 5. The Hall–Kier alpha value is -4.01. The number of carbonyl (C=O) groups is 1. The Morgan fingerprint density at radius 2 is 1.93 bits per heavy atom. The second kappa shape index (κ2) is 10.5. The number of carboxylic acid groups (broad SMARTS) is 1. The van der Waals surface area contributed by atoms with E-state index in [-0.39, 0.29) is 19.0 Å². The predicted octanol–water partition coefficient (Wildman–Crippen LogP) is 6.18. The number of anilines is 1. The molecule has 0 bridgehead atoms. The molecule has 1 aliphatic heterocycles. The molecule has 1 N–H and O–H groups in total. The van der Waals surface area contributed by atoms with Crippen molar-refractivity contribution in [3.8, 4) is 5.75 Å². The molecule has 2 fully saturated rings. The van der Waals surface area contributed by atoms with E-state index in [0.717, 1.165) is 58.6 Å². The van der Waals surface area contributed by atoms with E-state index in [1.807, 2.05) is 67.7 Å². The van der Waals surface area contributed by atoms with Crippen LogP contribution in [0, 0.1) is 12.8 Å². The van der Waals surface area contributed by atoms with Crippen molar-refractivity contribution in [3.63, 3.8) is 0 Å². The number of fused-ring (bicyclic) bond motifs is 1. The first-order valence-electron chi connectivity index (χ1n) is 13.7. The van der Waals surface area contributed by atoms with Crippen LogP contribution in [0.15, 0.2) is 60.8 Å². The maximum absolute atomic E-state index is 13.5. The molecule has 9 heteroatoms. The average molecular weight is 547 g/mol. The molecule has 2 aromatic heterocycles. The van der Waals surface area contributed by atoms with Gasteiger partial charge in [-0.2, -0.15) is 0 Å². The van der Waals surface area contributed by atoms with Crippen molar-refractivity contribution in [1.82, 2.24) is 14.5 Å². The largest absolute Gasteiger partial charge is 0.487 e. The van der Waals surface area contributed by atoms with Crippen LogP contribution >= 0.6 is 0 Å². The molecule has 1 saturated heterocycles. The first kappa shape index (κ1) is 26.2. The van der Waals surface area contributed by atoms with Gasteiger partial charge in [0, 0.05) is 30.4 Å². The molecule has 0 unspecified atom stereocenters. The summed E-state index contributed by atoms with van der Waals surface area (Å²) in [6, 6.07) is 17.3. The van der Waals surface area contributed by atoms with Gasteiger partial charge >= 0.3 is 5.97 Å². The van der Waals surface area contributed by atoms with Gasteiger partial charge in [0.1, 0.15) is 18.2 Å². The lowest BCUT2D eigenvalue weighted by atomic mass is 9.78. The maximum Gasteiger partial charge on any atom is 0.307 e. The van der Waals surface area contributed by atoms with Crippen molar-refractivity contribution >= 4 is 22.7 Å². The Labute approximate surface area is 231 Å². The molecule has 6 rings (SSSR count). The fourth-order valence-electron chi connectivity index (χ4n) is 5.87. The molecule has 0 radical (unpaired) electrons. The summed E-state index contributed by atoms with van der Waals surface area (Å²) >= 11 is 0. The van der Waals surface area contributed by atoms with E-state index in [1.165, 1.54) is 0 Å². The molecule has 208 valence electrons. The number of imidazole rings is 1. The van der Waals surface area contributed by atoms with Crippen molar-refractivity contribution in [1.29, 1.82) is 0 Å². The first-order chi connectivity index (χ1) is 19.3. The third-order valence-electron chi connectivity index (χ3n) is 7.98. The van der Waals surface area contributed by atoms with E-state index in [1.54, 1.807) is 4.90 Å². The van der Waals surface area contributed by atoms with E-state index in [0.29, 0.717) is 25.3 Å². The summed E-state index contributed by atoms with van der Waals surface area (Å²) in [7, 11) is 0. The van der Waals surface area contributed by atoms with Crippen LogP contribution in [0.2, 0.25) is 0 Å². The van der Waals surface area contributed by atoms with Gasteiger partial charge in [-0.05, 0) is 61.2 Å². The molecule has 2 atom stereocenters. The summed E-state index contributed by atoms with van der Waals surface area (Å²) in [5.74, 6) is -2.74. The number of ether oxygens (including phenoxy) is 1. The standard InChI is InChI=1S/C31H32F2N4O3/c1-20-9-10-22(34-15-20)17-40-24-11-12-27-28(14-24)37(29(35-27)25-7-2-3-8-26(25)30(38)39)16-21-5-4-6-23(13-21)36-18-31(32,33)19-36/h4-6,9-15,25-26H,2-3,7-8,16-19H2,1H3,(H,38,39)/t25-,26+/m0/s1. The molecule has 2 aliphatic rings. The van der Waals surface area contributed by atoms with Crippen molar-refractivity contribution in [2.45, 2.75) is 57.6 Å². The zero-order valence-corrected chi connectivity index (χ0v) is 22.4. The van der Waals surface area contributed by atoms with Crippen LogP contribution in [-0.4, -0.2) is 44.6 Å². The minimum Gasteiger partial charge on any atom is -0.487 e. The zero-order chi connectivity index (χ0) is 27.9. The zero-order valence-electron chi connectivity index (χ0n) is 22.4. The Balaban J connectivity index is 1.35. The van der Waals surface area contributed by atoms with Crippen molar-refractivity contribution in [2.24, 2.45) is 5.92 Å². The number of carboxylic acids is 1. The van der Waals surface area contributed by atoms with Gasteiger partial charge in [0.25, 0.3) is 5.92 Å². The van der Waals surface area contributed by atoms with Gasteiger partial charge in [0.2, 0.25) is 0 Å². The number of hydrogen-bond donors (Lipinski definition) is 1. The lowest BCUT2D eigenvalue weighted by Crippen LogP contribution is -2.56. The molecule has 3 heterocycles. The van der Waals surface area contributed by atoms with E-state index < -0.39 is 17.8 Å². The van der Waals surface area contributed by atoms with Crippen LogP contribution in [0.5, 0.6) is 5.75 Å². The normalized spacial score (nSPS) is 20.3. The summed E-state index contributed by atoms with van der Waals surface area (Å²) in [5.41, 5.74) is 5.20. The SMILES string of the molecule is Cc1ccc(COc2ccc3nc([C@H]4CCCC[C@H]4C(=O)O)n(Cc4cccc(N5CC(F)(F)C5)c4)c3c2)nc1. The summed E-state index contributed by atoms with van der Waals surface area (Å²) < 4.78 is 35.2. The highest BCUT2D eigenvalue weighted by Crippen LogP contribution is 2.40. The fourth-order valence-corrected chi connectivity index (χ4v) is 5.87. The molecular formula is C31H32F2N4O3. The number of halogens is 2. The van der Waals surface area contributed by atoms with Gasteiger partial charge in [-0.1, -0.05) is 31.0 Å². The lowest BCUT2D eigenvalue weighted by molar-refractivity contribution is -0.143. The fraction of sp³-hybridized carbons (Fsp3) is 0.387. The smallest absolute Gasteiger partial charge is 0.307 e. The summed E-state index contributed by atoms with van der Waals surface area (Å²) in [6.07, 6.45) is 5.03. The highest BCUT2D eigenvalue weighted by molar-refractivity contribution is 5.79. The number of aryl methyl sites for hydroxylation is 1. The maximum atomic E-state index is 13.5. The molecular weight excluding hydrogens is 514 g/mol. The van der Waals surface area contributed by atoms with Gasteiger partial charge in [0.05, 0.1) is 35.7 Å². The quantitative estimate of drug-likeness (QED) is 0.284. The molecule has 0 spiro atoms. The number of nitrogens with zero attached hydrogens (tertiary/aromatic N) is 4. The highest BCUT2D eigenvalue weighted by atomic mass is 19.3. The number of rotatable bonds is 8. The molecule has 7 nitrogen and oxygen atoms in total. The Morgan fingerprint density at radius 3 is 2.67 bits per heavy atom. The first-order valence-corrected chi connectivity index (χ1v) is 13.7. The Kier molecular flexibility index (Phi) is 6.90. The third kappa shape index (κ3) is 5.37. The molecule has 0 amide bonds. The Morgan fingerprint density at radius 1 is 1.10 bits per heavy atom. The number of aromatic nitrogens is 3. The molecule has 4 aromatic rings. The monoisotopic (exact) mass is 546 g/mol. The minimum atomic E-state index is -2.65. The topological polar surface area (TPSA) is 80.5 Å². The number of aliphatic carboxylic acids is 1. The summed E-state index contributed by atoms with van der Waals surface area (Å²) in [6.45, 7) is 2.18. The van der Waals surface area contributed by atoms with Crippen molar-refractivity contribution < 1.29 is 23.4 Å². The second-order valence-corrected chi connectivity index (χ2v) is 11.0. The van der Waals surface area contributed by atoms with Gasteiger partial charge in [-0.15, -0.1) is 0 Å². The summed E-state index contributed by atoms with van der Waals surface area (Å²) in [4.78, 5) is 23.2. The van der Waals surface area contributed by atoms with Crippen LogP contribution in [0.4, 0.5) is 14.5 Å². The van der Waals surface area contributed by atoms with Crippen molar-refractivity contribution in [3.05, 3.63) is 83.4 Å². The van der Waals surface area contributed by atoms with Crippen molar-refractivity contribution in [2.75, 3.05) is 18.0 Å². The average Bonchev–Trinajstić information content (AvgIpc) is 3.28. The number of pyridine rings is 1. The van der Waals surface area contributed by atoms with Crippen LogP contribution < -0.4 is 9.64 Å². The Bertz CT molecular complexity index is 1530. The number of benzene rings is 2.